The quantitative estimate of drug-likeness (QED) is 0.901. The Bertz CT molecular complexity index is 436. The fourth-order valence-electron chi connectivity index (χ4n) is 2.85. The van der Waals surface area contributed by atoms with Crippen LogP contribution in [0.5, 0.6) is 0 Å². The fraction of sp³-hybridized carbons (Fsp3) is 0.625. The average Bonchev–Trinajstić information content (AvgIpc) is 2.46. The van der Waals surface area contributed by atoms with E-state index in [0.717, 1.165) is 37.7 Å². The normalized spacial score (nSPS) is 20.4. The van der Waals surface area contributed by atoms with Crippen molar-refractivity contribution in [1.29, 1.82) is 0 Å². The van der Waals surface area contributed by atoms with E-state index in [2.05, 4.69) is 48.1 Å². The van der Waals surface area contributed by atoms with Gasteiger partial charge < -0.3 is 10.2 Å². The maximum absolute atomic E-state index is 6.21. The molecule has 0 bridgehead atoms. The summed E-state index contributed by atoms with van der Waals surface area (Å²) in [6, 6.07) is 6.89. The number of anilines is 1. The number of rotatable bonds is 5. The zero-order valence-electron chi connectivity index (χ0n) is 12.8. The minimum Gasteiger partial charge on any atom is -0.368 e. The molecule has 1 aromatic carbocycles. The van der Waals surface area contributed by atoms with Crippen molar-refractivity contribution in [2.45, 2.75) is 32.9 Å². The molecule has 20 heavy (non-hydrogen) atoms. The van der Waals surface area contributed by atoms with Crippen molar-refractivity contribution in [2.24, 2.45) is 0 Å². The van der Waals surface area contributed by atoms with Crippen LogP contribution < -0.4 is 10.2 Å². The first-order chi connectivity index (χ1) is 9.65. The van der Waals surface area contributed by atoms with Gasteiger partial charge in [0.2, 0.25) is 0 Å². The van der Waals surface area contributed by atoms with E-state index in [4.69, 9.17) is 11.6 Å². The summed E-state index contributed by atoms with van der Waals surface area (Å²) in [4.78, 5) is 4.96. The van der Waals surface area contributed by atoms with E-state index >= 15 is 0 Å². The lowest BCUT2D eigenvalue weighted by atomic mass is 10.1. The number of halogens is 1. The standard InChI is InChI=1S/C16H26ClN3/c1-4-15-12-20(9-8-19(15)3)16-10-14(17)7-6-13(16)11-18-5-2/h6-7,10,15,18H,4-5,8-9,11-12H2,1-3H3. The Morgan fingerprint density at radius 2 is 2.10 bits per heavy atom. The Kier molecular flexibility index (Phi) is 5.70. The first-order valence-electron chi connectivity index (χ1n) is 7.60. The van der Waals surface area contributed by atoms with Gasteiger partial charge in [-0.15, -0.1) is 0 Å². The molecule has 0 aromatic heterocycles. The van der Waals surface area contributed by atoms with E-state index in [1.165, 1.54) is 17.7 Å². The van der Waals surface area contributed by atoms with Crippen molar-refractivity contribution in [3.05, 3.63) is 28.8 Å². The van der Waals surface area contributed by atoms with Crippen LogP contribution in [-0.4, -0.2) is 44.2 Å². The van der Waals surface area contributed by atoms with Gasteiger partial charge in [0, 0.05) is 42.9 Å². The first kappa shape index (κ1) is 15.6. The highest BCUT2D eigenvalue weighted by Crippen LogP contribution is 2.27. The lowest BCUT2D eigenvalue weighted by Gasteiger charge is -2.41. The molecule has 3 nitrogen and oxygen atoms in total. The fourth-order valence-corrected chi connectivity index (χ4v) is 3.01. The van der Waals surface area contributed by atoms with Gasteiger partial charge in [0.1, 0.15) is 0 Å². The maximum atomic E-state index is 6.21. The second kappa shape index (κ2) is 7.30. The van der Waals surface area contributed by atoms with Crippen molar-refractivity contribution in [3.8, 4) is 0 Å². The highest BCUT2D eigenvalue weighted by molar-refractivity contribution is 6.30. The summed E-state index contributed by atoms with van der Waals surface area (Å²) in [7, 11) is 2.23. The summed E-state index contributed by atoms with van der Waals surface area (Å²) in [6.07, 6.45) is 1.19. The van der Waals surface area contributed by atoms with E-state index in [1.54, 1.807) is 0 Å². The molecule has 0 amide bonds. The lowest BCUT2D eigenvalue weighted by molar-refractivity contribution is 0.213. The molecule has 1 saturated heterocycles. The molecule has 1 unspecified atom stereocenters. The topological polar surface area (TPSA) is 18.5 Å². The third-order valence-electron chi connectivity index (χ3n) is 4.20. The van der Waals surface area contributed by atoms with Gasteiger partial charge in [-0.2, -0.15) is 0 Å². The summed E-state index contributed by atoms with van der Waals surface area (Å²) in [6.45, 7) is 9.58. The molecule has 0 saturated carbocycles. The minimum atomic E-state index is 0.634. The van der Waals surface area contributed by atoms with E-state index < -0.39 is 0 Å². The van der Waals surface area contributed by atoms with Gasteiger partial charge in [0.25, 0.3) is 0 Å². The number of piperazine rings is 1. The first-order valence-corrected chi connectivity index (χ1v) is 7.97. The predicted molar refractivity (Wildman–Crippen MR) is 87.8 cm³/mol. The van der Waals surface area contributed by atoms with Crippen molar-refractivity contribution < 1.29 is 0 Å². The van der Waals surface area contributed by atoms with Gasteiger partial charge in [-0.3, -0.25) is 4.90 Å². The maximum Gasteiger partial charge on any atom is 0.0427 e. The zero-order valence-corrected chi connectivity index (χ0v) is 13.6. The Labute approximate surface area is 127 Å². The predicted octanol–water partition coefficient (Wildman–Crippen LogP) is 2.98. The molecule has 112 valence electrons. The average molecular weight is 296 g/mol. The Morgan fingerprint density at radius 3 is 2.80 bits per heavy atom. The highest BCUT2D eigenvalue weighted by atomic mass is 35.5. The molecular formula is C16H26ClN3. The summed E-state index contributed by atoms with van der Waals surface area (Å²) in [5.41, 5.74) is 2.64. The molecule has 4 heteroatoms. The van der Waals surface area contributed by atoms with Gasteiger partial charge in [-0.05, 0) is 37.7 Å². The van der Waals surface area contributed by atoms with Crippen LogP contribution in [0.25, 0.3) is 0 Å². The summed E-state index contributed by atoms with van der Waals surface area (Å²) in [5.74, 6) is 0. The van der Waals surface area contributed by atoms with Crippen LogP contribution in [0, 0.1) is 0 Å². The van der Waals surface area contributed by atoms with Crippen molar-refractivity contribution in [2.75, 3.05) is 38.1 Å². The molecule has 1 aliphatic heterocycles. The number of benzene rings is 1. The van der Waals surface area contributed by atoms with Crippen molar-refractivity contribution >= 4 is 17.3 Å². The monoisotopic (exact) mass is 295 g/mol. The molecule has 1 aromatic rings. The molecule has 1 N–H and O–H groups in total. The van der Waals surface area contributed by atoms with E-state index in [1.807, 2.05) is 6.07 Å². The number of hydrogen-bond acceptors (Lipinski definition) is 3. The zero-order chi connectivity index (χ0) is 14.5. The molecule has 1 fully saturated rings. The van der Waals surface area contributed by atoms with E-state index in [9.17, 15) is 0 Å². The second-order valence-electron chi connectivity index (χ2n) is 5.54. The Hall–Kier alpha value is -0.770. The lowest BCUT2D eigenvalue weighted by Crippen LogP contribution is -2.51. The summed E-state index contributed by atoms with van der Waals surface area (Å²) in [5, 5.41) is 4.24. The molecular weight excluding hydrogens is 270 g/mol. The smallest absolute Gasteiger partial charge is 0.0427 e. The van der Waals surface area contributed by atoms with Gasteiger partial charge in [0.05, 0.1) is 0 Å². The van der Waals surface area contributed by atoms with E-state index in [0.29, 0.717) is 6.04 Å². The van der Waals surface area contributed by atoms with Crippen LogP contribution in [0.15, 0.2) is 18.2 Å². The van der Waals surface area contributed by atoms with Crippen LogP contribution >= 0.6 is 11.6 Å². The van der Waals surface area contributed by atoms with Crippen LogP contribution in [0.3, 0.4) is 0 Å². The summed E-state index contributed by atoms with van der Waals surface area (Å²) >= 11 is 6.21. The Morgan fingerprint density at radius 1 is 1.30 bits per heavy atom. The Balaban J connectivity index is 2.19. The van der Waals surface area contributed by atoms with Gasteiger partial charge >= 0.3 is 0 Å². The van der Waals surface area contributed by atoms with Crippen molar-refractivity contribution in [1.82, 2.24) is 10.2 Å². The molecule has 1 heterocycles. The number of likely N-dealkylation sites (N-methyl/N-ethyl adjacent to an activating group) is 1. The third-order valence-corrected chi connectivity index (χ3v) is 4.44. The van der Waals surface area contributed by atoms with Crippen LogP contribution in [0.4, 0.5) is 5.69 Å². The molecule has 0 radical (unpaired) electrons. The van der Waals surface area contributed by atoms with Gasteiger partial charge in [-0.1, -0.05) is 31.5 Å². The number of nitrogens with one attached hydrogen (secondary N) is 1. The molecule has 1 aliphatic rings. The number of nitrogens with zero attached hydrogens (tertiary/aromatic N) is 2. The molecule has 2 rings (SSSR count). The van der Waals surface area contributed by atoms with Gasteiger partial charge in [0.15, 0.2) is 0 Å². The summed E-state index contributed by atoms with van der Waals surface area (Å²) < 4.78 is 0. The van der Waals surface area contributed by atoms with Crippen LogP contribution in [0.1, 0.15) is 25.8 Å². The molecule has 0 spiro atoms. The van der Waals surface area contributed by atoms with E-state index in [-0.39, 0.29) is 0 Å². The second-order valence-corrected chi connectivity index (χ2v) is 5.98. The molecule has 1 atom stereocenters. The van der Waals surface area contributed by atoms with Crippen molar-refractivity contribution in [3.63, 3.8) is 0 Å². The largest absolute Gasteiger partial charge is 0.368 e. The van der Waals surface area contributed by atoms with Gasteiger partial charge in [-0.25, -0.2) is 0 Å². The van der Waals surface area contributed by atoms with Crippen LogP contribution in [-0.2, 0) is 6.54 Å². The minimum absolute atomic E-state index is 0.634. The van der Waals surface area contributed by atoms with Crippen LogP contribution in [0.2, 0.25) is 5.02 Å². The third kappa shape index (κ3) is 3.66. The number of hydrogen-bond donors (Lipinski definition) is 1. The SMILES string of the molecule is CCNCc1ccc(Cl)cc1N1CCN(C)C(CC)C1. The molecule has 0 aliphatic carbocycles. The highest BCUT2D eigenvalue weighted by Gasteiger charge is 2.24.